The monoisotopic (exact) mass is 636 g/mol. The highest BCUT2D eigenvalue weighted by Crippen LogP contribution is 2.63. The Kier molecular flexibility index (Phi) is 5.59. The maximum atomic E-state index is 6.48. The number of hydrogen-bond donors (Lipinski definition) is 0. The Labute approximate surface area is 289 Å². The second-order valence-electron chi connectivity index (χ2n) is 13.3. The van der Waals surface area contributed by atoms with Gasteiger partial charge in [-0.1, -0.05) is 146 Å². The number of aromatic nitrogens is 2. The van der Waals surface area contributed by atoms with Crippen LogP contribution in [0.4, 0.5) is 0 Å². The summed E-state index contributed by atoms with van der Waals surface area (Å²) in [5.74, 6) is 0.640. The minimum atomic E-state index is -0.423. The molecule has 7 aromatic carbocycles. The standard InChI is InChI=1S/C47H28N2O/c1-2-13-29(14-3-1)42-28-43(49-46(48-42)37-20-12-19-36-35-18-7-11-24-44(35)50-45(36)37)30-25-26-34-33-17-6-10-23-40(33)47(41(34)27-30)38-21-8-4-15-31(38)32-16-5-9-22-39(32)47/h1-28H. The lowest BCUT2D eigenvalue weighted by Gasteiger charge is -2.30. The van der Waals surface area contributed by atoms with E-state index in [9.17, 15) is 0 Å². The number of rotatable bonds is 3. The number of para-hydroxylation sites is 2. The molecule has 11 rings (SSSR count). The summed E-state index contributed by atoms with van der Waals surface area (Å²) >= 11 is 0. The Morgan fingerprint density at radius 1 is 0.380 bits per heavy atom. The number of nitrogens with zero attached hydrogens (tertiary/aromatic N) is 2. The predicted octanol–water partition coefficient (Wildman–Crippen LogP) is 11.7. The molecule has 2 aliphatic rings. The van der Waals surface area contributed by atoms with Crippen LogP contribution in [0.25, 0.3) is 78.1 Å². The molecule has 0 bridgehead atoms. The van der Waals surface area contributed by atoms with Gasteiger partial charge in [-0.05, 0) is 68.8 Å². The van der Waals surface area contributed by atoms with E-state index in [1.54, 1.807) is 0 Å². The molecule has 0 atom stereocenters. The predicted molar refractivity (Wildman–Crippen MR) is 202 cm³/mol. The number of fused-ring (bicyclic) bond motifs is 13. The van der Waals surface area contributed by atoms with Gasteiger partial charge in [-0.3, -0.25) is 0 Å². The summed E-state index contributed by atoms with van der Waals surface area (Å²) in [5, 5.41) is 2.15. The van der Waals surface area contributed by atoms with E-state index in [4.69, 9.17) is 14.4 Å². The van der Waals surface area contributed by atoms with Gasteiger partial charge in [0, 0.05) is 21.9 Å². The van der Waals surface area contributed by atoms with Crippen LogP contribution in [0.3, 0.4) is 0 Å². The van der Waals surface area contributed by atoms with Crippen LogP contribution in [0, 0.1) is 0 Å². The third-order valence-electron chi connectivity index (χ3n) is 10.7. The summed E-state index contributed by atoms with van der Waals surface area (Å²) in [5.41, 5.74) is 16.4. The van der Waals surface area contributed by atoms with Gasteiger partial charge in [-0.2, -0.15) is 0 Å². The Hall–Kier alpha value is -6.58. The molecule has 1 spiro atoms. The van der Waals surface area contributed by atoms with E-state index < -0.39 is 5.41 Å². The molecule has 2 aliphatic carbocycles. The average Bonchev–Trinajstić information content (AvgIpc) is 3.82. The van der Waals surface area contributed by atoms with Gasteiger partial charge < -0.3 is 4.42 Å². The van der Waals surface area contributed by atoms with Crippen molar-refractivity contribution in [2.24, 2.45) is 0 Å². The topological polar surface area (TPSA) is 38.9 Å². The zero-order valence-electron chi connectivity index (χ0n) is 27.0. The van der Waals surface area contributed by atoms with Crippen molar-refractivity contribution in [3.8, 4) is 56.2 Å². The van der Waals surface area contributed by atoms with E-state index in [0.717, 1.165) is 50.0 Å². The van der Waals surface area contributed by atoms with Crippen LogP contribution in [-0.2, 0) is 5.41 Å². The Morgan fingerprint density at radius 2 is 0.920 bits per heavy atom. The molecule has 0 aliphatic heterocycles. The van der Waals surface area contributed by atoms with E-state index in [1.807, 2.05) is 18.2 Å². The summed E-state index contributed by atoms with van der Waals surface area (Å²) in [6.45, 7) is 0. The maximum Gasteiger partial charge on any atom is 0.164 e. The minimum Gasteiger partial charge on any atom is -0.455 e. The highest BCUT2D eigenvalue weighted by atomic mass is 16.3. The SMILES string of the molecule is c1ccc(-c2cc(-c3ccc4c(c3)C3(c5ccccc5-c5ccccc53)c3ccccc3-4)nc(-c3cccc4c3oc3ccccc34)n2)cc1. The summed E-state index contributed by atoms with van der Waals surface area (Å²) in [4.78, 5) is 10.5. The fourth-order valence-corrected chi connectivity index (χ4v) is 8.65. The van der Waals surface area contributed by atoms with Crippen LogP contribution < -0.4 is 0 Å². The molecule has 0 saturated carbocycles. The van der Waals surface area contributed by atoms with Crippen LogP contribution in [0.15, 0.2) is 174 Å². The quantitative estimate of drug-likeness (QED) is 0.194. The fourth-order valence-electron chi connectivity index (χ4n) is 8.65. The Morgan fingerprint density at radius 3 is 1.62 bits per heavy atom. The van der Waals surface area contributed by atoms with Crippen molar-refractivity contribution in [2.45, 2.75) is 5.41 Å². The van der Waals surface area contributed by atoms with Gasteiger partial charge in [0.15, 0.2) is 5.82 Å². The van der Waals surface area contributed by atoms with E-state index in [1.165, 1.54) is 44.5 Å². The van der Waals surface area contributed by atoms with Crippen molar-refractivity contribution < 1.29 is 4.42 Å². The third-order valence-corrected chi connectivity index (χ3v) is 10.7. The lowest BCUT2D eigenvalue weighted by atomic mass is 9.70. The lowest BCUT2D eigenvalue weighted by molar-refractivity contribution is 0.669. The molecule has 3 heteroatoms. The van der Waals surface area contributed by atoms with Gasteiger partial charge >= 0.3 is 0 Å². The van der Waals surface area contributed by atoms with Crippen molar-refractivity contribution in [2.75, 3.05) is 0 Å². The van der Waals surface area contributed by atoms with Crippen LogP contribution in [0.5, 0.6) is 0 Å². The summed E-state index contributed by atoms with van der Waals surface area (Å²) in [7, 11) is 0. The molecule has 2 aromatic heterocycles. The van der Waals surface area contributed by atoms with Crippen LogP contribution >= 0.6 is 0 Å². The number of benzene rings is 7. The van der Waals surface area contributed by atoms with Crippen molar-refractivity contribution in [1.29, 1.82) is 0 Å². The molecular formula is C47H28N2O. The molecule has 9 aromatic rings. The van der Waals surface area contributed by atoms with Crippen molar-refractivity contribution in [3.05, 3.63) is 192 Å². The number of hydrogen-bond acceptors (Lipinski definition) is 3. The highest BCUT2D eigenvalue weighted by molar-refractivity contribution is 6.09. The molecule has 0 radical (unpaired) electrons. The zero-order valence-corrected chi connectivity index (χ0v) is 27.0. The smallest absolute Gasteiger partial charge is 0.164 e. The molecule has 50 heavy (non-hydrogen) atoms. The minimum absolute atomic E-state index is 0.423. The van der Waals surface area contributed by atoms with Crippen LogP contribution in [0.1, 0.15) is 22.3 Å². The van der Waals surface area contributed by atoms with E-state index in [2.05, 4.69) is 152 Å². The third kappa shape index (κ3) is 3.64. The van der Waals surface area contributed by atoms with Gasteiger partial charge in [-0.25, -0.2) is 9.97 Å². The second kappa shape index (κ2) is 10.2. The van der Waals surface area contributed by atoms with Crippen molar-refractivity contribution in [3.63, 3.8) is 0 Å². The van der Waals surface area contributed by atoms with E-state index in [-0.39, 0.29) is 0 Å². The van der Waals surface area contributed by atoms with Crippen LogP contribution in [0.2, 0.25) is 0 Å². The first-order valence-corrected chi connectivity index (χ1v) is 17.1. The van der Waals surface area contributed by atoms with Crippen molar-refractivity contribution >= 4 is 21.9 Å². The van der Waals surface area contributed by atoms with Gasteiger partial charge in [0.1, 0.15) is 11.2 Å². The first-order valence-electron chi connectivity index (χ1n) is 17.1. The fraction of sp³-hybridized carbons (Fsp3) is 0.0213. The normalized spacial score (nSPS) is 13.4. The molecule has 2 heterocycles. The Balaban J connectivity index is 1.18. The average molecular weight is 637 g/mol. The van der Waals surface area contributed by atoms with E-state index >= 15 is 0 Å². The van der Waals surface area contributed by atoms with Gasteiger partial charge in [0.05, 0.1) is 22.4 Å². The highest BCUT2D eigenvalue weighted by Gasteiger charge is 2.51. The Bertz CT molecular complexity index is 2770. The second-order valence-corrected chi connectivity index (χ2v) is 13.3. The molecule has 0 saturated heterocycles. The lowest BCUT2D eigenvalue weighted by Crippen LogP contribution is -2.25. The van der Waals surface area contributed by atoms with Crippen LogP contribution in [-0.4, -0.2) is 9.97 Å². The largest absolute Gasteiger partial charge is 0.455 e. The van der Waals surface area contributed by atoms with Gasteiger partial charge in [0.2, 0.25) is 0 Å². The number of furan rings is 1. The van der Waals surface area contributed by atoms with Gasteiger partial charge in [0.25, 0.3) is 0 Å². The maximum absolute atomic E-state index is 6.48. The molecule has 0 N–H and O–H groups in total. The first kappa shape index (κ1) is 27.4. The van der Waals surface area contributed by atoms with E-state index in [0.29, 0.717) is 5.82 Å². The first-order chi connectivity index (χ1) is 24.8. The molecule has 0 fully saturated rings. The molecule has 0 unspecified atom stereocenters. The molecule has 3 nitrogen and oxygen atoms in total. The summed E-state index contributed by atoms with van der Waals surface area (Å²) in [6, 6.07) is 60.6. The molecule has 232 valence electrons. The molecular weight excluding hydrogens is 609 g/mol. The zero-order chi connectivity index (χ0) is 32.8. The molecule has 0 amide bonds. The summed E-state index contributed by atoms with van der Waals surface area (Å²) in [6.07, 6.45) is 0. The van der Waals surface area contributed by atoms with Gasteiger partial charge in [-0.15, -0.1) is 0 Å². The van der Waals surface area contributed by atoms with Crippen molar-refractivity contribution in [1.82, 2.24) is 9.97 Å². The summed E-state index contributed by atoms with van der Waals surface area (Å²) < 4.78 is 6.48.